The Morgan fingerprint density at radius 3 is 1.79 bits per heavy atom. The maximum Gasteiger partial charge on any atom is 0.346 e. The number of carbonyl (C=O) groups is 2. The second kappa shape index (κ2) is 10.0. The van der Waals surface area contributed by atoms with Crippen molar-refractivity contribution >= 4 is 40.2 Å². The molecule has 1 N–H and O–H groups in total. The first-order valence-electron chi connectivity index (χ1n) is 10.7. The lowest BCUT2D eigenvalue weighted by Crippen LogP contribution is -2.37. The Kier molecular flexibility index (Phi) is 8.16. The molecule has 0 aliphatic carbocycles. The summed E-state index contributed by atoms with van der Waals surface area (Å²) in [7, 11) is 0. The van der Waals surface area contributed by atoms with Gasteiger partial charge in [0, 0.05) is 17.3 Å². The van der Waals surface area contributed by atoms with Crippen LogP contribution in [0.5, 0.6) is 0 Å². The Balaban J connectivity index is 2.74. The van der Waals surface area contributed by atoms with Gasteiger partial charge in [0.1, 0.15) is 17.0 Å². The van der Waals surface area contributed by atoms with Gasteiger partial charge in [-0.1, -0.05) is 29.3 Å². The van der Waals surface area contributed by atoms with Gasteiger partial charge in [-0.15, -0.1) is 0 Å². The molecule has 0 radical (unpaired) electrons. The third-order valence-corrected chi connectivity index (χ3v) is 5.23. The molecular weight excluding hydrogens is 481 g/mol. The number of ether oxygens (including phenoxy) is 2. The first-order chi connectivity index (χ1) is 15.4. The molecule has 0 aromatic carbocycles. The second-order valence-corrected chi connectivity index (χ2v) is 10.9. The molecule has 7 nitrogen and oxygen atoms in total. The summed E-state index contributed by atoms with van der Waals surface area (Å²) >= 11 is 12.8. The first kappa shape index (κ1) is 27.7. The monoisotopic (exact) mass is 511 g/mol. The SMILES string of the molecule is CC1=C(C(=O)OC(C)(C)C)C(/C=C(\Cl)c2c(Cl)cc(C)oc2=O)C(C(=O)OC(C)(C)C)=C(C)N1. The fraction of sp³-hybridized carbons (Fsp3) is 0.480. The van der Waals surface area contributed by atoms with Gasteiger partial charge < -0.3 is 19.2 Å². The molecule has 2 rings (SSSR count). The van der Waals surface area contributed by atoms with Crippen molar-refractivity contribution in [3.63, 3.8) is 0 Å². The number of nitrogens with one attached hydrogen (secondary N) is 1. The average Bonchev–Trinajstić information content (AvgIpc) is 2.56. The minimum atomic E-state index is -0.977. The lowest BCUT2D eigenvalue weighted by atomic mass is 9.84. The number of halogens is 2. The molecule has 34 heavy (non-hydrogen) atoms. The lowest BCUT2D eigenvalue weighted by molar-refractivity contribution is -0.151. The van der Waals surface area contributed by atoms with Gasteiger partial charge in [0.25, 0.3) is 0 Å². The van der Waals surface area contributed by atoms with E-state index in [0.29, 0.717) is 17.2 Å². The number of esters is 2. The second-order valence-electron chi connectivity index (χ2n) is 10.1. The van der Waals surface area contributed by atoms with E-state index in [0.717, 1.165) is 0 Å². The van der Waals surface area contributed by atoms with E-state index in [2.05, 4.69) is 5.32 Å². The molecule has 9 heteroatoms. The molecule has 186 valence electrons. The number of hydrogen-bond acceptors (Lipinski definition) is 7. The van der Waals surface area contributed by atoms with E-state index in [1.807, 2.05) is 0 Å². The van der Waals surface area contributed by atoms with Crippen LogP contribution in [0.25, 0.3) is 5.03 Å². The van der Waals surface area contributed by atoms with Gasteiger partial charge >= 0.3 is 17.6 Å². The molecule has 0 atom stereocenters. The van der Waals surface area contributed by atoms with Crippen molar-refractivity contribution in [2.45, 2.75) is 73.5 Å². The van der Waals surface area contributed by atoms with E-state index in [-0.39, 0.29) is 26.8 Å². The zero-order valence-corrected chi connectivity index (χ0v) is 22.4. The van der Waals surface area contributed by atoms with Crippen molar-refractivity contribution in [1.82, 2.24) is 5.32 Å². The highest BCUT2D eigenvalue weighted by Crippen LogP contribution is 2.37. The highest BCUT2D eigenvalue weighted by molar-refractivity contribution is 6.50. The standard InChI is InChI=1S/C25H31Cl2NO6/c1-12-10-16(26)20(21(29)32-12)17(27)11-15-18(22(30)33-24(4,5)6)13(2)28-14(3)19(15)23(31)34-25(7,8)9/h10-11,15,28H,1-9H3/b17-11-. The predicted octanol–water partition coefficient (Wildman–Crippen LogP) is 5.63. The summed E-state index contributed by atoms with van der Waals surface area (Å²) < 4.78 is 16.3. The lowest BCUT2D eigenvalue weighted by Gasteiger charge is -2.32. The number of allylic oxidation sites excluding steroid dienone is 3. The van der Waals surface area contributed by atoms with Crippen LogP contribution in [-0.2, 0) is 19.1 Å². The third kappa shape index (κ3) is 6.76. The summed E-state index contributed by atoms with van der Waals surface area (Å²) in [5, 5.41) is 3.08. The fourth-order valence-corrected chi connectivity index (χ4v) is 4.12. The van der Waals surface area contributed by atoms with Crippen LogP contribution < -0.4 is 10.9 Å². The largest absolute Gasteiger partial charge is 0.457 e. The van der Waals surface area contributed by atoms with E-state index in [9.17, 15) is 14.4 Å². The summed E-state index contributed by atoms with van der Waals surface area (Å²) in [6.45, 7) is 15.4. The molecule has 0 fully saturated rings. The van der Waals surface area contributed by atoms with E-state index < -0.39 is 34.7 Å². The molecule has 2 heterocycles. The predicted molar refractivity (Wildman–Crippen MR) is 132 cm³/mol. The van der Waals surface area contributed by atoms with Crippen molar-refractivity contribution < 1.29 is 23.5 Å². The highest BCUT2D eigenvalue weighted by atomic mass is 35.5. The van der Waals surface area contributed by atoms with Gasteiger partial charge in [0.15, 0.2) is 0 Å². The molecule has 0 spiro atoms. The van der Waals surface area contributed by atoms with E-state index in [1.54, 1.807) is 62.3 Å². The van der Waals surface area contributed by atoms with Gasteiger partial charge in [-0.25, -0.2) is 14.4 Å². The van der Waals surface area contributed by atoms with Gasteiger partial charge in [-0.05, 0) is 68.4 Å². The maximum absolute atomic E-state index is 13.2. The minimum absolute atomic E-state index is 0.0742. The summed E-state index contributed by atoms with van der Waals surface area (Å²) in [4.78, 5) is 38.9. The highest BCUT2D eigenvalue weighted by Gasteiger charge is 2.38. The summed E-state index contributed by atoms with van der Waals surface area (Å²) in [5.74, 6) is -1.94. The van der Waals surface area contributed by atoms with E-state index in [1.165, 1.54) is 12.1 Å². The zero-order chi connectivity index (χ0) is 26.2. The molecule has 0 amide bonds. The number of rotatable bonds is 4. The van der Waals surface area contributed by atoms with Crippen LogP contribution in [0.1, 0.15) is 66.7 Å². The van der Waals surface area contributed by atoms with Crippen LogP contribution >= 0.6 is 23.2 Å². The number of dihydropyridines is 1. The molecule has 1 aromatic rings. The Hall–Kier alpha value is -2.51. The molecule has 1 aromatic heterocycles. The van der Waals surface area contributed by atoms with Crippen molar-refractivity contribution in [3.05, 3.63) is 61.4 Å². The average molecular weight is 512 g/mol. The normalized spacial score (nSPS) is 15.9. The van der Waals surface area contributed by atoms with Crippen LogP contribution in [-0.4, -0.2) is 23.1 Å². The molecule has 0 unspecified atom stereocenters. The van der Waals surface area contributed by atoms with Gasteiger partial charge in [0.2, 0.25) is 0 Å². The Bertz CT molecular complexity index is 1110. The Morgan fingerprint density at radius 2 is 1.41 bits per heavy atom. The first-order valence-corrected chi connectivity index (χ1v) is 11.5. The van der Waals surface area contributed by atoms with Crippen LogP contribution in [0, 0.1) is 12.8 Å². The van der Waals surface area contributed by atoms with Gasteiger partial charge in [0.05, 0.1) is 26.8 Å². The number of hydrogen-bond donors (Lipinski definition) is 1. The van der Waals surface area contributed by atoms with Gasteiger partial charge in [-0.3, -0.25) is 0 Å². The zero-order valence-electron chi connectivity index (χ0n) is 20.9. The fourth-order valence-electron chi connectivity index (χ4n) is 3.44. The summed E-state index contributed by atoms with van der Waals surface area (Å²) in [6.07, 6.45) is 1.42. The van der Waals surface area contributed by atoms with Crippen molar-refractivity contribution in [3.8, 4) is 0 Å². The van der Waals surface area contributed by atoms with Crippen LogP contribution in [0.2, 0.25) is 5.02 Å². The van der Waals surface area contributed by atoms with E-state index in [4.69, 9.17) is 37.1 Å². The van der Waals surface area contributed by atoms with Crippen molar-refractivity contribution in [2.75, 3.05) is 0 Å². The molecule has 1 aliphatic heterocycles. The van der Waals surface area contributed by atoms with Crippen molar-refractivity contribution in [2.24, 2.45) is 5.92 Å². The molecule has 1 aliphatic rings. The van der Waals surface area contributed by atoms with Crippen LogP contribution in [0.4, 0.5) is 0 Å². The molecular formula is C25H31Cl2NO6. The van der Waals surface area contributed by atoms with Crippen LogP contribution in [0.3, 0.4) is 0 Å². The van der Waals surface area contributed by atoms with Crippen molar-refractivity contribution in [1.29, 1.82) is 0 Å². The maximum atomic E-state index is 13.2. The van der Waals surface area contributed by atoms with E-state index >= 15 is 0 Å². The topological polar surface area (TPSA) is 94.8 Å². The molecule has 0 saturated carbocycles. The quantitative estimate of drug-likeness (QED) is 0.523. The number of aryl methyl sites for hydroxylation is 1. The molecule has 0 bridgehead atoms. The Morgan fingerprint density at radius 1 is 0.971 bits per heavy atom. The smallest absolute Gasteiger partial charge is 0.346 e. The van der Waals surface area contributed by atoms with Crippen LogP contribution in [0.15, 0.2) is 43.9 Å². The van der Waals surface area contributed by atoms with Gasteiger partial charge in [-0.2, -0.15) is 0 Å². The minimum Gasteiger partial charge on any atom is -0.457 e. The third-order valence-electron chi connectivity index (χ3n) is 4.62. The summed E-state index contributed by atoms with van der Waals surface area (Å²) in [5.41, 5.74) is -1.11. The summed E-state index contributed by atoms with van der Waals surface area (Å²) in [6, 6.07) is 1.46. The molecule has 0 saturated heterocycles. The Labute approximate surface area is 209 Å². The number of carbonyl (C=O) groups excluding carboxylic acids is 2.